The van der Waals surface area contributed by atoms with Crippen molar-refractivity contribution in [2.75, 3.05) is 32.1 Å². The molecule has 0 aromatic heterocycles. The summed E-state index contributed by atoms with van der Waals surface area (Å²) in [5, 5.41) is 3.50. The van der Waals surface area contributed by atoms with Crippen molar-refractivity contribution in [3.63, 3.8) is 0 Å². The number of carbonyl (C=O) groups excluding carboxylic acids is 2. The van der Waals surface area contributed by atoms with Gasteiger partial charge in [0.2, 0.25) is 5.91 Å². The highest BCUT2D eigenvalue weighted by Crippen LogP contribution is 2.37. The number of aliphatic imine (C=N–C) groups is 1. The Balaban J connectivity index is 1.45. The zero-order valence-electron chi connectivity index (χ0n) is 16.4. The second-order valence-electron chi connectivity index (χ2n) is 7.35. The molecule has 2 heterocycles. The molecule has 1 fully saturated rings. The number of halogens is 1. The summed E-state index contributed by atoms with van der Waals surface area (Å²) >= 11 is 6.19. The van der Waals surface area contributed by atoms with Crippen LogP contribution in [0.2, 0.25) is 5.02 Å². The first kappa shape index (κ1) is 19.6. The van der Waals surface area contributed by atoms with E-state index in [4.69, 9.17) is 21.3 Å². The zero-order chi connectivity index (χ0) is 20.5. The van der Waals surface area contributed by atoms with Gasteiger partial charge in [-0.1, -0.05) is 17.7 Å². The smallest absolute Gasteiger partial charge is 0.238 e. The number of nitrogens with zero attached hydrogens (tertiary/aromatic N) is 2. The third-order valence-electron chi connectivity index (χ3n) is 5.45. The summed E-state index contributed by atoms with van der Waals surface area (Å²) in [6, 6.07) is 10.7. The lowest BCUT2D eigenvalue weighted by molar-refractivity contribution is -0.117. The average Bonchev–Trinajstić information content (AvgIpc) is 2.71. The minimum absolute atomic E-state index is 0.0580. The molecule has 1 atom stereocenters. The first-order valence-corrected chi connectivity index (χ1v) is 9.91. The van der Waals surface area contributed by atoms with E-state index in [0.29, 0.717) is 47.2 Å². The van der Waals surface area contributed by atoms with Gasteiger partial charge in [-0.3, -0.25) is 19.5 Å². The molecule has 2 aromatic rings. The number of likely N-dealkylation sites (tertiary alicyclic amines) is 1. The van der Waals surface area contributed by atoms with Gasteiger partial charge in [0.25, 0.3) is 0 Å². The summed E-state index contributed by atoms with van der Waals surface area (Å²) in [7, 11) is 1.59. The molecule has 2 aliphatic heterocycles. The van der Waals surface area contributed by atoms with Crippen molar-refractivity contribution in [3.8, 4) is 5.75 Å². The van der Waals surface area contributed by atoms with E-state index in [1.165, 1.54) is 0 Å². The number of methoxy groups -OCH3 is 1. The van der Waals surface area contributed by atoms with E-state index in [2.05, 4.69) is 5.32 Å². The molecule has 0 radical (unpaired) electrons. The third kappa shape index (κ3) is 3.91. The number of fused-ring (bicyclic) bond motifs is 2. The SMILES string of the molecule is COc1cccc(NC(=O)CN2CCC3=Nc4c(ccc(Cl)c4C)C(=O)C3C2)c1. The molecule has 0 aliphatic carbocycles. The molecule has 0 saturated carbocycles. The van der Waals surface area contributed by atoms with Crippen LogP contribution in [0, 0.1) is 12.8 Å². The van der Waals surface area contributed by atoms with Crippen molar-refractivity contribution in [2.24, 2.45) is 10.9 Å². The third-order valence-corrected chi connectivity index (χ3v) is 5.86. The molecule has 0 spiro atoms. The fourth-order valence-electron chi connectivity index (χ4n) is 3.87. The van der Waals surface area contributed by atoms with Crippen LogP contribution in [0.3, 0.4) is 0 Å². The maximum atomic E-state index is 13.0. The largest absolute Gasteiger partial charge is 0.497 e. The number of ether oxygens (including phenoxy) is 1. The van der Waals surface area contributed by atoms with Crippen molar-refractivity contribution in [1.82, 2.24) is 4.90 Å². The summed E-state index contributed by atoms with van der Waals surface area (Å²) in [5.41, 5.74) is 3.71. The molecular formula is C22H22ClN3O3. The van der Waals surface area contributed by atoms with Crippen LogP contribution >= 0.6 is 11.6 Å². The first-order valence-electron chi connectivity index (χ1n) is 9.53. The number of anilines is 1. The molecule has 6 nitrogen and oxygen atoms in total. The quantitative estimate of drug-likeness (QED) is 0.828. The van der Waals surface area contributed by atoms with Crippen LogP contribution in [-0.4, -0.2) is 49.0 Å². The number of piperidine rings is 1. The molecule has 2 aromatic carbocycles. The average molecular weight is 412 g/mol. The van der Waals surface area contributed by atoms with Crippen LogP contribution in [0.4, 0.5) is 11.4 Å². The predicted molar refractivity (Wildman–Crippen MR) is 114 cm³/mol. The van der Waals surface area contributed by atoms with Gasteiger partial charge in [-0.05, 0) is 43.2 Å². The summed E-state index contributed by atoms with van der Waals surface area (Å²) in [6.45, 7) is 3.28. The van der Waals surface area contributed by atoms with Crippen LogP contribution in [0.25, 0.3) is 0 Å². The number of hydrogen-bond donors (Lipinski definition) is 1. The highest BCUT2D eigenvalue weighted by molar-refractivity contribution is 6.32. The number of carbonyl (C=O) groups is 2. The van der Waals surface area contributed by atoms with Crippen LogP contribution in [0.15, 0.2) is 41.4 Å². The van der Waals surface area contributed by atoms with Crippen molar-refractivity contribution in [3.05, 3.63) is 52.5 Å². The summed E-state index contributed by atoms with van der Waals surface area (Å²) < 4.78 is 5.18. The molecule has 0 bridgehead atoms. The Kier molecular flexibility index (Phi) is 5.39. The number of nitrogens with one attached hydrogen (secondary N) is 1. The Hall–Kier alpha value is -2.70. The van der Waals surface area contributed by atoms with Gasteiger partial charge < -0.3 is 10.1 Å². The van der Waals surface area contributed by atoms with Gasteiger partial charge >= 0.3 is 0 Å². The topological polar surface area (TPSA) is 71.0 Å². The van der Waals surface area contributed by atoms with Crippen LogP contribution in [0.5, 0.6) is 5.75 Å². The van der Waals surface area contributed by atoms with E-state index < -0.39 is 0 Å². The molecule has 7 heteroatoms. The highest BCUT2D eigenvalue weighted by Gasteiger charge is 2.36. The normalized spacial score (nSPS) is 18.5. The van der Waals surface area contributed by atoms with Crippen molar-refractivity contribution >= 4 is 40.4 Å². The number of ketones is 1. The standard InChI is InChI=1S/C22H22ClN3O3/c1-13-18(23)7-6-16-21(13)25-19-8-9-26(11-17(19)22(16)28)12-20(27)24-14-4-3-5-15(10-14)29-2/h3-7,10,17H,8-9,11-12H2,1-2H3,(H,24,27). The van der Waals surface area contributed by atoms with Gasteiger partial charge in [-0.25, -0.2) is 0 Å². The second kappa shape index (κ2) is 7.97. The zero-order valence-corrected chi connectivity index (χ0v) is 17.1. The first-order chi connectivity index (χ1) is 14.0. The van der Waals surface area contributed by atoms with E-state index in [-0.39, 0.29) is 24.2 Å². The lowest BCUT2D eigenvalue weighted by Crippen LogP contribution is -2.47. The van der Waals surface area contributed by atoms with Crippen molar-refractivity contribution in [1.29, 1.82) is 0 Å². The number of Topliss-reactive ketones (excluding diaryl/α,β-unsaturated/α-hetero) is 1. The van der Waals surface area contributed by atoms with Gasteiger partial charge in [0.15, 0.2) is 5.78 Å². The second-order valence-corrected chi connectivity index (χ2v) is 7.76. The van der Waals surface area contributed by atoms with Crippen LogP contribution in [0.1, 0.15) is 22.3 Å². The Morgan fingerprint density at radius 1 is 1.34 bits per heavy atom. The lowest BCUT2D eigenvalue weighted by Gasteiger charge is -2.35. The minimum Gasteiger partial charge on any atom is -0.497 e. The molecule has 1 unspecified atom stereocenters. The Morgan fingerprint density at radius 2 is 2.17 bits per heavy atom. The van der Waals surface area contributed by atoms with Gasteiger partial charge in [0.05, 0.1) is 25.3 Å². The maximum absolute atomic E-state index is 13.0. The van der Waals surface area contributed by atoms with Gasteiger partial charge in [0, 0.05) is 41.1 Å². The molecule has 2 aliphatic rings. The Bertz CT molecular complexity index is 1020. The van der Waals surface area contributed by atoms with Crippen molar-refractivity contribution in [2.45, 2.75) is 13.3 Å². The van der Waals surface area contributed by atoms with Crippen LogP contribution in [-0.2, 0) is 4.79 Å². The summed E-state index contributed by atoms with van der Waals surface area (Å²) in [5.74, 6) is 0.317. The summed E-state index contributed by atoms with van der Waals surface area (Å²) in [4.78, 5) is 32.3. The molecule has 1 N–H and O–H groups in total. The molecule has 1 saturated heterocycles. The van der Waals surface area contributed by atoms with E-state index in [1.54, 1.807) is 25.3 Å². The number of amides is 1. The Morgan fingerprint density at radius 3 is 2.97 bits per heavy atom. The Labute approximate surface area is 174 Å². The highest BCUT2D eigenvalue weighted by atomic mass is 35.5. The molecule has 1 amide bonds. The fourth-order valence-corrected chi connectivity index (χ4v) is 4.02. The molecular weight excluding hydrogens is 390 g/mol. The fraction of sp³-hybridized carbons (Fsp3) is 0.318. The predicted octanol–water partition coefficient (Wildman–Crippen LogP) is 3.89. The maximum Gasteiger partial charge on any atom is 0.238 e. The van der Waals surface area contributed by atoms with Crippen molar-refractivity contribution < 1.29 is 14.3 Å². The lowest BCUT2D eigenvalue weighted by atomic mass is 9.84. The monoisotopic (exact) mass is 411 g/mol. The van der Waals surface area contributed by atoms with E-state index in [9.17, 15) is 9.59 Å². The van der Waals surface area contributed by atoms with E-state index >= 15 is 0 Å². The number of benzene rings is 2. The van der Waals surface area contributed by atoms with Gasteiger partial charge in [-0.2, -0.15) is 0 Å². The van der Waals surface area contributed by atoms with E-state index in [1.807, 2.05) is 30.0 Å². The van der Waals surface area contributed by atoms with Gasteiger partial charge in [0.1, 0.15) is 5.75 Å². The van der Waals surface area contributed by atoms with E-state index in [0.717, 1.165) is 11.3 Å². The molecule has 150 valence electrons. The molecule has 29 heavy (non-hydrogen) atoms. The minimum atomic E-state index is -0.304. The summed E-state index contributed by atoms with van der Waals surface area (Å²) in [6.07, 6.45) is 0.661. The van der Waals surface area contributed by atoms with Gasteiger partial charge in [-0.15, -0.1) is 0 Å². The molecule has 4 rings (SSSR count). The number of hydrogen-bond acceptors (Lipinski definition) is 5. The number of rotatable bonds is 4. The van der Waals surface area contributed by atoms with Crippen LogP contribution < -0.4 is 10.1 Å².